The molecule has 0 aliphatic carbocycles. The summed E-state index contributed by atoms with van der Waals surface area (Å²) < 4.78 is 10.8. The van der Waals surface area contributed by atoms with Crippen LogP contribution in [0, 0.1) is 25.2 Å². The molecule has 0 saturated heterocycles. The first-order chi connectivity index (χ1) is 10.0. The molecule has 5 heteroatoms. The highest BCUT2D eigenvalue weighted by Crippen LogP contribution is 2.41. The van der Waals surface area contributed by atoms with Crippen LogP contribution in [0.25, 0.3) is 11.1 Å². The van der Waals surface area contributed by atoms with Gasteiger partial charge in [-0.25, -0.2) is 4.98 Å². The minimum Gasteiger partial charge on any atom is -0.493 e. The van der Waals surface area contributed by atoms with E-state index < -0.39 is 0 Å². The molecule has 0 amide bonds. The lowest BCUT2D eigenvalue weighted by Gasteiger charge is -2.17. The van der Waals surface area contributed by atoms with Gasteiger partial charge in [-0.2, -0.15) is 5.26 Å². The van der Waals surface area contributed by atoms with Gasteiger partial charge in [0.25, 0.3) is 0 Å². The number of hydrogen-bond acceptors (Lipinski definition) is 5. The molecule has 2 N–H and O–H groups in total. The van der Waals surface area contributed by atoms with E-state index in [4.69, 9.17) is 15.2 Å². The van der Waals surface area contributed by atoms with Gasteiger partial charge >= 0.3 is 0 Å². The molecule has 0 fully saturated rings. The number of nitrogens with two attached hydrogens (primary N) is 1. The second-order valence-electron chi connectivity index (χ2n) is 4.61. The van der Waals surface area contributed by atoms with Gasteiger partial charge in [-0.05, 0) is 25.5 Å². The van der Waals surface area contributed by atoms with E-state index in [0.29, 0.717) is 17.1 Å². The van der Waals surface area contributed by atoms with Gasteiger partial charge in [-0.3, -0.25) is 0 Å². The number of aryl methyl sites for hydroxylation is 1. The van der Waals surface area contributed by atoms with Crippen LogP contribution in [0.2, 0.25) is 0 Å². The fourth-order valence-electron chi connectivity index (χ4n) is 2.35. The zero-order valence-electron chi connectivity index (χ0n) is 12.5. The van der Waals surface area contributed by atoms with Gasteiger partial charge in [0.2, 0.25) is 0 Å². The lowest BCUT2D eigenvalue weighted by molar-refractivity contribution is 0.356. The van der Waals surface area contributed by atoms with E-state index in [1.165, 1.54) is 0 Å². The van der Waals surface area contributed by atoms with Gasteiger partial charge in [0.1, 0.15) is 17.5 Å². The molecule has 0 atom stereocenters. The molecule has 0 unspecified atom stereocenters. The summed E-state index contributed by atoms with van der Waals surface area (Å²) in [5.74, 6) is 1.40. The Morgan fingerprint density at radius 2 is 1.90 bits per heavy atom. The molecule has 0 saturated carbocycles. The fraction of sp³-hybridized carbons (Fsp3) is 0.250. The number of nitrogens with zero attached hydrogens (tertiary/aromatic N) is 2. The Hall–Kier alpha value is -2.74. The first-order valence-electron chi connectivity index (χ1n) is 6.43. The maximum atomic E-state index is 9.42. The quantitative estimate of drug-likeness (QED) is 0.936. The first-order valence-corrected chi connectivity index (χ1v) is 6.43. The topological polar surface area (TPSA) is 81.2 Å². The molecular formula is C16H17N3O2. The Labute approximate surface area is 123 Å². The highest BCUT2D eigenvalue weighted by atomic mass is 16.5. The molecule has 1 aromatic carbocycles. The standard InChI is InChI=1S/C16H17N3O2/c1-9-10(2)19-16(18)12(8-17)14(9)11-6-5-7-13(20-3)15(11)21-4/h5-7H,1-4H3,(H2,18,19). The van der Waals surface area contributed by atoms with E-state index in [9.17, 15) is 5.26 Å². The van der Waals surface area contributed by atoms with Gasteiger partial charge in [-0.1, -0.05) is 12.1 Å². The van der Waals surface area contributed by atoms with Crippen LogP contribution in [0.3, 0.4) is 0 Å². The highest BCUT2D eigenvalue weighted by molar-refractivity contribution is 5.83. The minimum absolute atomic E-state index is 0.223. The van der Waals surface area contributed by atoms with Crippen LogP contribution in [0.15, 0.2) is 18.2 Å². The van der Waals surface area contributed by atoms with Crippen molar-refractivity contribution in [2.45, 2.75) is 13.8 Å². The lowest BCUT2D eigenvalue weighted by atomic mass is 9.94. The summed E-state index contributed by atoms with van der Waals surface area (Å²) in [4.78, 5) is 4.21. The summed E-state index contributed by atoms with van der Waals surface area (Å²) in [6, 6.07) is 7.67. The third kappa shape index (κ3) is 2.36. The van der Waals surface area contributed by atoms with Crippen LogP contribution >= 0.6 is 0 Å². The molecule has 2 aromatic rings. The zero-order valence-corrected chi connectivity index (χ0v) is 12.5. The monoisotopic (exact) mass is 283 g/mol. The molecule has 0 spiro atoms. The molecule has 1 aromatic heterocycles. The van der Waals surface area contributed by atoms with Gasteiger partial charge < -0.3 is 15.2 Å². The van der Waals surface area contributed by atoms with Crippen LogP contribution in [-0.2, 0) is 0 Å². The van der Waals surface area contributed by atoms with Gasteiger partial charge in [0.05, 0.1) is 14.2 Å². The van der Waals surface area contributed by atoms with Crippen LogP contribution in [0.1, 0.15) is 16.8 Å². The molecule has 0 bridgehead atoms. The summed E-state index contributed by atoms with van der Waals surface area (Å²) in [5, 5.41) is 9.42. The third-order valence-electron chi connectivity index (χ3n) is 3.50. The average Bonchev–Trinajstić information content (AvgIpc) is 2.49. The van der Waals surface area contributed by atoms with E-state index in [1.807, 2.05) is 26.0 Å². The molecule has 108 valence electrons. The Balaban J connectivity index is 2.88. The number of methoxy groups -OCH3 is 2. The third-order valence-corrected chi connectivity index (χ3v) is 3.50. The smallest absolute Gasteiger partial charge is 0.168 e. The zero-order chi connectivity index (χ0) is 15.6. The maximum absolute atomic E-state index is 9.42. The number of aromatic nitrogens is 1. The van der Waals surface area contributed by atoms with Crippen molar-refractivity contribution in [1.29, 1.82) is 5.26 Å². The molecule has 0 radical (unpaired) electrons. The lowest BCUT2D eigenvalue weighted by Crippen LogP contribution is -2.04. The fourth-order valence-corrected chi connectivity index (χ4v) is 2.35. The van der Waals surface area contributed by atoms with E-state index in [1.54, 1.807) is 20.3 Å². The predicted molar refractivity (Wildman–Crippen MR) is 81.4 cm³/mol. The van der Waals surface area contributed by atoms with Gasteiger partial charge in [0.15, 0.2) is 11.5 Å². The Morgan fingerprint density at radius 1 is 1.19 bits per heavy atom. The number of anilines is 1. The molecule has 2 rings (SSSR count). The summed E-state index contributed by atoms with van der Waals surface area (Å²) in [6.45, 7) is 3.78. The second kappa shape index (κ2) is 5.71. The number of para-hydroxylation sites is 1. The van der Waals surface area contributed by atoms with Crippen LogP contribution in [0.5, 0.6) is 11.5 Å². The van der Waals surface area contributed by atoms with E-state index >= 15 is 0 Å². The van der Waals surface area contributed by atoms with Gasteiger partial charge in [0, 0.05) is 16.8 Å². The van der Waals surface area contributed by atoms with Crippen molar-refractivity contribution in [2.24, 2.45) is 0 Å². The molecule has 0 aliphatic heterocycles. The van der Waals surface area contributed by atoms with Crippen molar-refractivity contribution in [2.75, 3.05) is 20.0 Å². The second-order valence-corrected chi connectivity index (χ2v) is 4.61. The minimum atomic E-state index is 0.223. The molecular weight excluding hydrogens is 266 g/mol. The Bertz CT molecular complexity index is 733. The molecule has 1 heterocycles. The first kappa shape index (κ1) is 14.7. The van der Waals surface area contributed by atoms with Crippen LogP contribution in [0.4, 0.5) is 5.82 Å². The SMILES string of the molecule is COc1cccc(-c2c(C)c(C)nc(N)c2C#N)c1OC. The summed E-state index contributed by atoms with van der Waals surface area (Å²) in [6.07, 6.45) is 0. The highest BCUT2D eigenvalue weighted by Gasteiger charge is 2.20. The number of hydrogen-bond donors (Lipinski definition) is 1. The van der Waals surface area contributed by atoms with Crippen LogP contribution in [-0.4, -0.2) is 19.2 Å². The molecule has 0 aliphatic rings. The summed E-state index contributed by atoms with van der Waals surface area (Å²) in [5.41, 5.74) is 9.43. The number of benzene rings is 1. The maximum Gasteiger partial charge on any atom is 0.168 e. The normalized spacial score (nSPS) is 10.0. The number of rotatable bonds is 3. The summed E-state index contributed by atoms with van der Waals surface area (Å²) >= 11 is 0. The van der Waals surface area contributed by atoms with Crippen molar-refractivity contribution in [3.8, 4) is 28.7 Å². The Morgan fingerprint density at radius 3 is 2.48 bits per heavy atom. The van der Waals surface area contributed by atoms with Crippen molar-refractivity contribution in [3.63, 3.8) is 0 Å². The van der Waals surface area contributed by atoms with Crippen molar-refractivity contribution >= 4 is 5.82 Å². The van der Waals surface area contributed by atoms with Crippen LogP contribution < -0.4 is 15.2 Å². The number of nitrogen functional groups attached to an aromatic ring is 1. The predicted octanol–water partition coefficient (Wildman–Crippen LogP) is 2.84. The molecule has 21 heavy (non-hydrogen) atoms. The number of pyridine rings is 1. The largest absolute Gasteiger partial charge is 0.493 e. The van der Waals surface area contributed by atoms with Crippen molar-refractivity contribution in [3.05, 3.63) is 35.0 Å². The number of nitriles is 1. The van der Waals surface area contributed by atoms with Crippen molar-refractivity contribution in [1.82, 2.24) is 4.98 Å². The molecule has 5 nitrogen and oxygen atoms in total. The van der Waals surface area contributed by atoms with E-state index in [0.717, 1.165) is 22.4 Å². The number of ether oxygens (including phenoxy) is 2. The van der Waals surface area contributed by atoms with Crippen molar-refractivity contribution < 1.29 is 9.47 Å². The summed E-state index contributed by atoms with van der Waals surface area (Å²) in [7, 11) is 3.14. The Kier molecular flexibility index (Phi) is 3.99. The average molecular weight is 283 g/mol. The van der Waals surface area contributed by atoms with E-state index in [-0.39, 0.29) is 5.82 Å². The van der Waals surface area contributed by atoms with Gasteiger partial charge in [-0.15, -0.1) is 0 Å². The van der Waals surface area contributed by atoms with E-state index in [2.05, 4.69) is 11.1 Å².